The number of anilines is 1. The largest absolute Gasteiger partial charge is 0.508 e. The van der Waals surface area contributed by atoms with E-state index in [1.807, 2.05) is 18.2 Å². The molecule has 2 N–H and O–H groups in total. The number of aromatic hydroxyl groups is 1. The number of phenols is 1. The molecule has 1 amide bonds. The highest BCUT2D eigenvalue weighted by atomic mass is 35.5. The molecule has 0 bridgehead atoms. The number of halogens is 1. The molecular formula is C19H14ClNO3. The zero-order chi connectivity index (χ0) is 16.9. The van der Waals surface area contributed by atoms with Crippen molar-refractivity contribution >= 4 is 23.4 Å². The number of carbonyl (C=O) groups is 1. The number of nitrogens with one attached hydrogen (secondary N) is 1. The third-order valence-electron chi connectivity index (χ3n) is 3.32. The molecule has 0 aromatic heterocycles. The molecule has 0 spiro atoms. The molecule has 0 atom stereocenters. The van der Waals surface area contributed by atoms with E-state index in [4.69, 9.17) is 16.3 Å². The predicted molar refractivity (Wildman–Crippen MR) is 94.6 cm³/mol. The number of amides is 1. The van der Waals surface area contributed by atoms with Crippen LogP contribution in [0.3, 0.4) is 0 Å². The van der Waals surface area contributed by atoms with Gasteiger partial charge in [0.25, 0.3) is 0 Å². The molecule has 0 aliphatic rings. The van der Waals surface area contributed by atoms with E-state index in [-0.39, 0.29) is 5.75 Å². The second-order valence-corrected chi connectivity index (χ2v) is 5.54. The van der Waals surface area contributed by atoms with Crippen LogP contribution in [0.4, 0.5) is 10.5 Å². The second kappa shape index (κ2) is 7.06. The summed E-state index contributed by atoms with van der Waals surface area (Å²) in [6, 6.07) is 20.8. The van der Waals surface area contributed by atoms with Crippen LogP contribution >= 0.6 is 11.6 Å². The minimum absolute atomic E-state index is 0.207. The maximum absolute atomic E-state index is 12.0. The van der Waals surface area contributed by atoms with Crippen molar-refractivity contribution in [2.75, 3.05) is 5.32 Å². The molecule has 120 valence electrons. The third-order valence-corrected chi connectivity index (χ3v) is 3.55. The van der Waals surface area contributed by atoms with Crippen LogP contribution in [0.25, 0.3) is 11.1 Å². The van der Waals surface area contributed by atoms with Gasteiger partial charge in [-0.05, 0) is 53.6 Å². The number of ether oxygens (including phenoxy) is 1. The van der Waals surface area contributed by atoms with Crippen LogP contribution in [0.2, 0.25) is 5.02 Å². The van der Waals surface area contributed by atoms with Crippen LogP contribution in [0.15, 0.2) is 72.8 Å². The van der Waals surface area contributed by atoms with Crippen molar-refractivity contribution in [3.05, 3.63) is 77.8 Å². The summed E-state index contributed by atoms with van der Waals surface area (Å²) in [6.07, 6.45) is -0.597. The minimum atomic E-state index is -0.597. The lowest BCUT2D eigenvalue weighted by atomic mass is 10.1. The number of rotatable bonds is 3. The Labute approximate surface area is 144 Å². The number of hydrogen-bond donors (Lipinski definition) is 2. The smallest absolute Gasteiger partial charge is 0.417 e. The van der Waals surface area contributed by atoms with Gasteiger partial charge in [0, 0.05) is 10.7 Å². The van der Waals surface area contributed by atoms with E-state index < -0.39 is 6.09 Å². The van der Waals surface area contributed by atoms with Gasteiger partial charge in [0.15, 0.2) is 0 Å². The fraction of sp³-hybridized carbons (Fsp3) is 0. The number of hydrogen-bond acceptors (Lipinski definition) is 3. The van der Waals surface area contributed by atoms with E-state index in [1.165, 1.54) is 0 Å². The van der Waals surface area contributed by atoms with Crippen molar-refractivity contribution in [2.24, 2.45) is 0 Å². The van der Waals surface area contributed by atoms with E-state index in [2.05, 4.69) is 5.32 Å². The first-order valence-corrected chi connectivity index (χ1v) is 7.62. The molecule has 0 unspecified atom stereocenters. The molecule has 0 aliphatic heterocycles. The van der Waals surface area contributed by atoms with Gasteiger partial charge in [0.1, 0.15) is 11.5 Å². The summed E-state index contributed by atoms with van der Waals surface area (Å²) < 4.78 is 5.19. The van der Waals surface area contributed by atoms with E-state index in [0.717, 1.165) is 11.1 Å². The molecule has 4 nitrogen and oxygen atoms in total. The number of benzene rings is 3. The zero-order valence-corrected chi connectivity index (χ0v) is 13.3. The van der Waals surface area contributed by atoms with Crippen molar-refractivity contribution in [3.63, 3.8) is 0 Å². The van der Waals surface area contributed by atoms with Crippen molar-refractivity contribution in [1.29, 1.82) is 0 Å². The van der Waals surface area contributed by atoms with Crippen molar-refractivity contribution in [3.8, 4) is 22.6 Å². The van der Waals surface area contributed by atoms with E-state index in [0.29, 0.717) is 16.5 Å². The van der Waals surface area contributed by atoms with Gasteiger partial charge in [-0.3, -0.25) is 5.32 Å². The summed E-state index contributed by atoms with van der Waals surface area (Å²) in [5, 5.41) is 12.5. The maximum Gasteiger partial charge on any atom is 0.417 e. The average Bonchev–Trinajstić information content (AvgIpc) is 2.55. The predicted octanol–water partition coefficient (Wildman–Crippen LogP) is 5.32. The summed E-state index contributed by atoms with van der Waals surface area (Å²) >= 11 is 5.86. The quantitative estimate of drug-likeness (QED) is 0.678. The standard InChI is InChI=1S/C19H14ClNO3/c20-15-4-2-6-18(12-15)24-19(23)21-16-5-1-3-14(11-16)13-7-9-17(22)10-8-13/h1-12,22H,(H,21,23). The first-order valence-electron chi connectivity index (χ1n) is 7.24. The first-order chi connectivity index (χ1) is 11.6. The van der Waals surface area contributed by atoms with Crippen LogP contribution in [0, 0.1) is 0 Å². The van der Waals surface area contributed by atoms with Crippen LogP contribution < -0.4 is 10.1 Å². The molecule has 3 aromatic carbocycles. The summed E-state index contributed by atoms with van der Waals surface area (Å²) in [5.74, 6) is 0.577. The summed E-state index contributed by atoms with van der Waals surface area (Å²) in [5.41, 5.74) is 2.45. The molecule has 0 saturated carbocycles. The lowest BCUT2D eigenvalue weighted by molar-refractivity contribution is 0.215. The molecule has 0 heterocycles. The van der Waals surface area contributed by atoms with Gasteiger partial charge in [-0.15, -0.1) is 0 Å². The van der Waals surface area contributed by atoms with E-state index in [9.17, 15) is 9.90 Å². The fourth-order valence-corrected chi connectivity index (χ4v) is 2.39. The van der Waals surface area contributed by atoms with Crippen molar-refractivity contribution in [1.82, 2.24) is 0 Å². The Morgan fingerprint density at radius 3 is 2.42 bits per heavy atom. The average molecular weight is 340 g/mol. The molecule has 3 aromatic rings. The second-order valence-electron chi connectivity index (χ2n) is 5.10. The minimum Gasteiger partial charge on any atom is -0.508 e. The Kier molecular flexibility index (Phi) is 4.68. The highest BCUT2D eigenvalue weighted by Gasteiger charge is 2.07. The summed E-state index contributed by atoms with van der Waals surface area (Å²) in [4.78, 5) is 12.0. The Bertz CT molecular complexity index is 862. The SMILES string of the molecule is O=C(Nc1cccc(-c2ccc(O)cc2)c1)Oc1cccc(Cl)c1. The van der Waals surface area contributed by atoms with Gasteiger partial charge >= 0.3 is 6.09 Å². The van der Waals surface area contributed by atoms with Crippen LogP contribution in [-0.2, 0) is 0 Å². The van der Waals surface area contributed by atoms with Gasteiger partial charge < -0.3 is 9.84 Å². The Hall–Kier alpha value is -2.98. The van der Waals surface area contributed by atoms with Crippen molar-refractivity contribution < 1.29 is 14.6 Å². The highest BCUT2D eigenvalue weighted by Crippen LogP contribution is 2.25. The molecule has 0 saturated heterocycles. The van der Waals surface area contributed by atoms with Crippen LogP contribution in [-0.4, -0.2) is 11.2 Å². The zero-order valence-electron chi connectivity index (χ0n) is 12.6. The topological polar surface area (TPSA) is 58.6 Å². The van der Waals surface area contributed by atoms with E-state index in [1.54, 1.807) is 54.6 Å². The lowest BCUT2D eigenvalue weighted by Crippen LogP contribution is -2.16. The Balaban J connectivity index is 1.72. The molecule has 5 heteroatoms. The Morgan fingerprint density at radius 2 is 1.67 bits per heavy atom. The highest BCUT2D eigenvalue weighted by molar-refractivity contribution is 6.30. The van der Waals surface area contributed by atoms with E-state index >= 15 is 0 Å². The molecule has 0 fully saturated rings. The molecule has 24 heavy (non-hydrogen) atoms. The fourth-order valence-electron chi connectivity index (χ4n) is 2.21. The Morgan fingerprint density at radius 1 is 0.917 bits per heavy atom. The molecule has 0 radical (unpaired) electrons. The van der Waals surface area contributed by atoms with Crippen molar-refractivity contribution in [2.45, 2.75) is 0 Å². The van der Waals surface area contributed by atoms with Crippen LogP contribution in [0.5, 0.6) is 11.5 Å². The maximum atomic E-state index is 12.0. The molecular weight excluding hydrogens is 326 g/mol. The lowest BCUT2D eigenvalue weighted by Gasteiger charge is -2.09. The van der Waals surface area contributed by atoms with Gasteiger partial charge in [-0.2, -0.15) is 0 Å². The third kappa shape index (κ3) is 4.06. The number of carbonyl (C=O) groups excluding carboxylic acids is 1. The monoisotopic (exact) mass is 339 g/mol. The summed E-state index contributed by atoms with van der Waals surface area (Å²) in [6.45, 7) is 0. The van der Waals surface area contributed by atoms with Gasteiger partial charge in [0.2, 0.25) is 0 Å². The molecule has 0 aliphatic carbocycles. The normalized spacial score (nSPS) is 10.2. The first kappa shape index (κ1) is 15.9. The molecule has 3 rings (SSSR count). The van der Waals surface area contributed by atoms with Crippen LogP contribution in [0.1, 0.15) is 0 Å². The van der Waals surface area contributed by atoms with Gasteiger partial charge in [0.05, 0.1) is 0 Å². The number of phenolic OH excluding ortho intramolecular Hbond substituents is 1. The van der Waals surface area contributed by atoms with Gasteiger partial charge in [-0.1, -0.05) is 41.9 Å². The summed E-state index contributed by atoms with van der Waals surface area (Å²) in [7, 11) is 0. The van der Waals surface area contributed by atoms with Gasteiger partial charge in [-0.25, -0.2) is 4.79 Å².